The fourth-order valence-electron chi connectivity index (χ4n) is 3.39. The van der Waals surface area contributed by atoms with Gasteiger partial charge in [0.15, 0.2) is 0 Å². The van der Waals surface area contributed by atoms with Crippen molar-refractivity contribution in [2.24, 2.45) is 10.7 Å². The second-order valence-corrected chi connectivity index (χ2v) is 9.53. The van der Waals surface area contributed by atoms with Crippen LogP contribution in [0, 0.1) is 5.82 Å². The van der Waals surface area contributed by atoms with Crippen LogP contribution >= 0.6 is 0 Å². The first-order chi connectivity index (χ1) is 18.8. The van der Waals surface area contributed by atoms with Gasteiger partial charge in [-0.2, -0.15) is 4.98 Å². The number of methoxy groups -OCH3 is 1. The minimum atomic E-state index is -0.988. The number of ether oxygens (including phenoxy) is 2. The van der Waals surface area contributed by atoms with Crippen molar-refractivity contribution < 1.29 is 23.5 Å². The molecule has 0 spiro atoms. The summed E-state index contributed by atoms with van der Waals surface area (Å²) in [6.07, 6.45) is -0.988. The number of benzene rings is 2. The molecule has 0 saturated heterocycles. The maximum absolute atomic E-state index is 13.4. The van der Waals surface area contributed by atoms with Crippen molar-refractivity contribution in [3.05, 3.63) is 86.4 Å². The lowest BCUT2D eigenvalue weighted by Gasteiger charge is -2.17. The largest absolute Gasteiger partial charge is 0.497 e. The Hall–Kier alpha value is -5.01. The Morgan fingerprint density at radius 3 is 2.15 bits per heavy atom. The number of rotatable bonds is 8. The van der Waals surface area contributed by atoms with Crippen LogP contribution in [0.4, 0.5) is 15.1 Å². The zero-order valence-electron chi connectivity index (χ0n) is 22.4. The highest BCUT2D eigenvalue weighted by Gasteiger charge is 2.18. The molecule has 0 unspecified atom stereocenters. The molecule has 3 aromatic rings. The maximum atomic E-state index is 13.4. The van der Waals surface area contributed by atoms with Crippen LogP contribution < -0.4 is 32.5 Å². The summed E-state index contributed by atoms with van der Waals surface area (Å²) in [5.74, 6) is -1.26. The minimum absolute atomic E-state index is 0.00822. The monoisotopic (exact) mass is 555 g/mol. The summed E-state index contributed by atoms with van der Waals surface area (Å²) in [5, 5.41) is 4.87. The third-order valence-corrected chi connectivity index (χ3v) is 5.18. The van der Waals surface area contributed by atoms with Crippen LogP contribution in [0.5, 0.6) is 5.75 Å². The minimum Gasteiger partial charge on any atom is -0.497 e. The third kappa shape index (κ3) is 8.51. The van der Waals surface area contributed by atoms with Gasteiger partial charge < -0.3 is 20.5 Å². The van der Waals surface area contributed by atoms with Crippen LogP contribution in [0.2, 0.25) is 0 Å². The molecule has 0 fully saturated rings. The molecule has 0 radical (unpaired) electrons. The Balaban J connectivity index is 1.86. The summed E-state index contributed by atoms with van der Waals surface area (Å²) in [6, 6.07) is 12.2. The fraction of sp³-hybridized carbons (Fsp3) is 0.308. The zero-order valence-corrected chi connectivity index (χ0v) is 22.4. The van der Waals surface area contributed by atoms with E-state index in [-0.39, 0.29) is 19.0 Å². The highest BCUT2D eigenvalue weighted by atomic mass is 19.1. The van der Waals surface area contributed by atoms with Gasteiger partial charge in [0.1, 0.15) is 17.2 Å². The number of guanidine groups is 1. The van der Waals surface area contributed by atoms with Crippen molar-refractivity contribution in [1.29, 1.82) is 0 Å². The van der Waals surface area contributed by atoms with Gasteiger partial charge in [-0.05, 0) is 56.2 Å². The highest BCUT2D eigenvalue weighted by molar-refractivity contribution is 6.01. The smallest absolute Gasteiger partial charge is 0.437 e. The highest BCUT2D eigenvalue weighted by Crippen LogP contribution is 2.13. The molecule has 0 saturated carbocycles. The first-order valence-electron chi connectivity index (χ1n) is 12.0. The maximum Gasteiger partial charge on any atom is 0.437 e. The van der Waals surface area contributed by atoms with Crippen molar-refractivity contribution in [3.63, 3.8) is 0 Å². The van der Waals surface area contributed by atoms with Gasteiger partial charge in [0, 0.05) is 0 Å². The van der Waals surface area contributed by atoms with E-state index in [1.807, 2.05) is 0 Å². The molecule has 14 heteroatoms. The van der Waals surface area contributed by atoms with Crippen molar-refractivity contribution in [3.8, 4) is 5.75 Å². The number of halogens is 1. The number of carbonyl (C=O) groups excluding carboxylic acids is 2. The summed E-state index contributed by atoms with van der Waals surface area (Å²) in [7, 11) is 1.52. The van der Waals surface area contributed by atoms with E-state index in [4.69, 9.17) is 15.2 Å². The summed E-state index contributed by atoms with van der Waals surface area (Å²) in [4.78, 5) is 57.8. The molecule has 0 aliphatic heterocycles. The number of hydrogen-bond donors (Lipinski definition) is 3. The lowest BCUT2D eigenvalue weighted by molar-refractivity contribution is -0.118. The molecule has 1 aromatic heterocycles. The average Bonchev–Trinajstić information content (AvgIpc) is 2.87. The number of nitrogens with zero attached hydrogens (tertiary/aromatic N) is 4. The third-order valence-electron chi connectivity index (χ3n) is 5.18. The molecule has 0 aliphatic rings. The summed E-state index contributed by atoms with van der Waals surface area (Å²) in [5.41, 5.74) is 4.40. The van der Waals surface area contributed by atoms with Gasteiger partial charge in [-0.25, -0.2) is 23.3 Å². The van der Waals surface area contributed by atoms with Gasteiger partial charge in [0.2, 0.25) is 17.8 Å². The van der Waals surface area contributed by atoms with Crippen molar-refractivity contribution in [2.75, 3.05) is 19.0 Å². The summed E-state index contributed by atoms with van der Waals surface area (Å²) in [6.45, 7) is 4.31. The zero-order chi connectivity index (χ0) is 29.4. The molecular weight excluding hydrogens is 525 g/mol. The van der Waals surface area contributed by atoms with Gasteiger partial charge >= 0.3 is 17.5 Å². The normalized spacial score (nSPS) is 11.6. The molecule has 40 heavy (non-hydrogen) atoms. The second-order valence-electron chi connectivity index (χ2n) is 9.53. The fourth-order valence-corrected chi connectivity index (χ4v) is 3.39. The molecule has 212 valence electrons. The van der Waals surface area contributed by atoms with E-state index in [9.17, 15) is 23.6 Å². The Kier molecular flexibility index (Phi) is 9.37. The molecule has 2 amide bonds. The molecule has 1 heterocycles. The molecule has 4 N–H and O–H groups in total. The van der Waals surface area contributed by atoms with Crippen LogP contribution in [-0.2, 0) is 22.6 Å². The van der Waals surface area contributed by atoms with Crippen molar-refractivity contribution in [1.82, 2.24) is 19.4 Å². The molecule has 0 atom stereocenters. The lowest BCUT2D eigenvalue weighted by Crippen LogP contribution is -2.45. The quantitative estimate of drug-likeness (QED) is 0.275. The molecule has 3 rings (SSSR count). The average molecular weight is 556 g/mol. The lowest BCUT2D eigenvalue weighted by atomic mass is 10.2. The number of carbonyl (C=O) groups is 2. The number of nitrogens with one attached hydrogen (secondary N) is 2. The number of hydrogen-bond acceptors (Lipinski definition) is 8. The van der Waals surface area contributed by atoms with Crippen molar-refractivity contribution >= 4 is 23.9 Å². The first kappa shape index (κ1) is 29.5. The Morgan fingerprint density at radius 1 is 1.00 bits per heavy atom. The van der Waals surface area contributed by atoms with E-state index in [1.54, 1.807) is 45.0 Å². The summed E-state index contributed by atoms with van der Waals surface area (Å²) < 4.78 is 25.6. The Bertz CT molecular complexity index is 1510. The Morgan fingerprint density at radius 2 is 1.57 bits per heavy atom. The van der Waals surface area contributed by atoms with Crippen LogP contribution in [0.3, 0.4) is 0 Å². The number of aliphatic imine (C=N–C) groups is 1. The van der Waals surface area contributed by atoms with Gasteiger partial charge in [0.05, 0.1) is 26.7 Å². The second kappa shape index (κ2) is 12.7. The van der Waals surface area contributed by atoms with Crippen LogP contribution in [0.25, 0.3) is 0 Å². The van der Waals surface area contributed by atoms with Crippen LogP contribution in [0.1, 0.15) is 31.9 Å². The van der Waals surface area contributed by atoms with E-state index in [0.717, 1.165) is 4.57 Å². The van der Waals surface area contributed by atoms with E-state index in [0.29, 0.717) is 16.9 Å². The SMILES string of the molecule is COc1ccc(Cn2c(NCC(=O)N/C(N)=N/C(=O)OC(C)(C)C)nc(=O)n(Cc3ccc(F)cc3)c2=O)cc1. The van der Waals surface area contributed by atoms with Gasteiger partial charge in [-0.3, -0.25) is 14.7 Å². The predicted octanol–water partition coefficient (Wildman–Crippen LogP) is 1.43. The number of aromatic nitrogens is 3. The molecule has 13 nitrogen and oxygen atoms in total. The topological polar surface area (TPSA) is 172 Å². The van der Waals surface area contributed by atoms with Gasteiger partial charge in [0.25, 0.3) is 0 Å². The predicted molar refractivity (Wildman–Crippen MR) is 145 cm³/mol. The number of nitrogens with two attached hydrogens (primary N) is 1. The standard InChI is InChI=1S/C26H30FN7O6/c1-26(2,3)40-24(37)31-21(28)30-20(35)13-29-22-32-23(36)34(15-16-5-9-18(27)10-6-16)25(38)33(22)14-17-7-11-19(39-4)12-8-17/h5-12H,13-15H2,1-4H3,(H,29,32,36)(H3,28,30,31,35,37). The van der Waals surface area contributed by atoms with Crippen molar-refractivity contribution in [2.45, 2.75) is 39.5 Å². The van der Waals surface area contributed by atoms with E-state index >= 15 is 0 Å². The Labute approximate surface area is 228 Å². The van der Waals surface area contributed by atoms with E-state index in [2.05, 4.69) is 20.6 Å². The van der Waals surface area contributed by atoms with Crippen LogP contribution in [0.15, 0.2) is 63.1 Å². The molecular formula is C26H30FN7O6. The molecule has 2 aromatic carbocycles. The number of anilines is 1. The first-order valence-corrected chi connectivity index (χ1v) is 12.0. The molecule has 0 bridgehead atoms. The number of amides is 2. The van der Waals surface area contributed by atoms with Crippen LogP contribution in [-0.4, -0.2) is 51.3 Å². The summed E-state index contributed by atoms with van der Waals surface area (Å²) >= 11 is 0. The van der Waals surface area contributed by atoms with E-state index < -0.39 is 47.3 Å². The van der Waals surface area contributed by atoms with Gasteiger partial charge in [-0.1, -0.05) is 24.3 Å². The molecule has 0 aliphatic carbocycles. The van der Waals surface area contributed by atoms with Gasteiger partial charge in [-0.15, -0.1) is 4.99 Å². The van der Waals surface area contributed by atoms with E-state index in [1.165, 1.54) is 35.9 Å².